The number of benzene rings is 2. The molecule has 0 aliphatic heterocycles. The zero-order chi connectivity index (χ0) is 24.2. The second kappa shape index (κ2) is 10.3. The lowest BCUT2D eigenvalue weighted by Gasteiger charge is -2.21. The lowest BCUT2D eigenvalue weighted by Crippen LogP contribution is -2.35. The molecule has 1 heterocycles. The van der Waals surface area contributed by atoms with Gasteiger partial charge in [0.25, 0.3) is 0 Å². The molecular weight excluding hydrogens is 480 g/mol. The van der Waals surface area contributed by atoms with Crippen LogP contribution in [0.2, 0.25) is 5.02 Å². The number of anilines is 5. The van der Waals surface area contributed by atoms with Crippen molar-refractivity contribution in [2.75, 3.05) is 41.7 Å². The van der Waals surface area contributed by atoms with Gasteiger partial charge in [0, 0.05) is 23.2 Å². The third kappa shape index (κ3) is 6.84. The predicted molar refractivity (Wildman–Crippen MR) is 140 cm³/mol. The molecule has 3 aromatic rings. The molecule has 4 N–H and O–H groups in total. The van der Waals surface area contributed by atoms with Gasteiger partial charge in [0.15, 0.2) is 5.82 Å². The van der Waals surface area contributed by atoms with Crippen LogP contribution in [0, 0.1) is 6.92 Å². The van der Waals surface area contributed by atoms with Crippen LogP contribution in [0.3, 0.4) is 0 Å². The quantitative estimate of drug-likeness (QED) is 0.221. The van der Waals surface area contributed by atoms with E-state index in [-0.39, 0.29) is 5.88 Å². The van der Waals surface area contributed by atoms with Crippen LogP contribution in [0.4, 0.5) is 28.8 Å². The van der Waals surface area contributed by atoms with Crippen LogP contribution in [-0.4, -0.2) is 46.4 Å². The standard InChI is InChI=1S/C23H28Cl2N5O2P/c1-15-11-16(27-14-23(2,31)13-24)9-10-18(15)29-22-26-12-17(25)21(30-22)28-19-7-5-6-8-20(19)33(3,4)32/h5-12,27,31H,13-14H2,1-4H3,(H2,26,28,29,30). The fourth-order valence-electron chi connectivity index (χ4n) is 3.07. The van der Waals surface area contributed by atoms with Crippen molar-refractivity contribution in [2.24, 2.45) is 0 Å². The highest BCUT2D eigenvalue weighted by atomic mass is 35.5. The van der Waals surface area contributed by atoms with E-state index in [0.29, 0.717) is 29.0 Å². The summed E-state index contributed by atoms with van der Waals surface area (Å²) in [5.74, 6) is 0.917. The Labute approximate surface area is 204 Å². The van der Waals surface area contributed by atoms with Gasteiger partial charge in [-0.05, 0) is 63.1 Å². The summed E-state index contributed by atoms with van der Waals surface area (Å²) in [5.41, 5.74) is 2.35. The van der Waals surface area contributed by atoms with Crippen LogP contribution in [0.5, 0.6) is 0 Å². The molecule has 7 nitrogen and oxygen atoms in total. The molecule has 0 radical (unpaired) electrons. The van der Waals surface area contributed by atoms with Gasteiger partial charge in [-0.1, -0.05) is 23.7 Å². The highest BCUT2D eigenvalue weighted by molar-refractivity contribution is 7.70. The topological polar surface area (TPSA) is 99.2 Å². The molecule has 3 rings (SSSR count). The number of nitrogens with zero attached hydrogens (tertiary/aromatic N) is 2. The maximum atomic E-state index is 12.7. The number of aryl methyl sites for hydroxylation is 1. The first-order valence-corrected chi connectivity index (χ1v) is 13.8. The van der Waals surface area contributed by atoms with E-state index in [9.17, 15) is 9.67 Å². The van der Waals surface area contributed by atoms with Gasteiger partial charge < -0.3 is 25.6 Å². The largest absolute Gasteiger partial charge is 0.387 e. The monoisotopic (exact) mass is 507 g/mol. The third-order valence-corrected chi connectivity index (χ3v) is 7.32. The highest BCUT2D eigenvalue weighted by Crippen LogP contribution is 2.38. The van der Waals surface area contributed by atoms with Crippen LogP contribution in [-0.2, 0) is 4.57 Å². The molecular formula is C23H28Cl2N5O2P. The van der Waals surface area contributed by atoms with Crippen molar-refractivity contribution < 1.29 is 9.67 Å². The lowest BCUT2D eigenvalue weighted by atomic mass is 10.1. The highest BCUT2D eigenvalue weighted by Gasteiger charge is 2.19. The number of aliphatic hydroxyl groups is 1. The molecule has 176 valence electrons. The van der Waals surface area contributed by atoms with Crippen molar-refractivity contribution in [1.82, 2.24) is 9.97 Å². The SMILES string of the molecule is Cc1cc(NCC(C)(O)CCl)ccc1Nc1ncc(Cl)c(Nc2ccccc2P(C)(C)=O)n1. The summed E-state index contributed by atoms with van der Waals surface area (Å²) in [6.45, 7) is 7.41. The van der Waals surface area contributed by atoms with Crippen molar-refractivity contribution in [3.63, 3.8) is 0 Å². The number of hydrogen-bond donors (Lipinski definition) is 4. The molecule has 0 saturated carbocycles. The number of hydrogen-bond acceptors (Lipinski definition) is 7. The Bertz CT molecular complexity index is 1180. The number of halogens is 2. The number of nitrogens with one attached hydrogen (secondary N) is 3. The van der Waals surface area contributed by atoms with E-state index in [1.165, 1.54) is 6.20 Å². The van der Waals surface area contributed by atoms with Crippen molar-refractivity contribution in [3.05, 3.63) is 59.2 Å². The zero-order valence-corrected chi connectivity index (χ0v) is 21.4. The molecule has 0 spiro atoms. The molecule has 0 aliphatic rings. The smallest absolute Gasteiger partial charge is 0.229 e. The van der Waals surface area contributed by atoms with E-state index in [2.05, 4.69) is 25.9 Å². The summed E-state index contributed by atoms with van der Waals surface area (Å²) in [7, 11) is -2.50. The van der Waals surface area contributed by atoms with Crippen molar-refractivity contribution in [2.45, 2.75) is 19.4 Å². The summed E-state index contributed by atoms with van der Waals surface area (Å²) in [5, 5.41) is 20.7. The molecule has 0 aliphatic carbocycles. The number of para-hydroxylation sites is 1. The van der Waals surface area contributed by atoms with Crippen LogP contribution < -0.4 is 21.3 Å². The Kier molecular flexibility index (Phi) is 7.91. The van der Waals surface area contributed by atoms with Gasteiger partial charge in [0.05, 0.1) is 23.4 Å². The van der Waals surface area contributed by atoms with E-state index in [0.717, 1.165) is 22.2 Å². The minimum atomic E-state index is -2.50. The minimum Gasteiger partial charge on any atom is -0.387 e. The summed E-state index contributed by atoms with van der Waals surface area (Å²) in [6, 6.07) is 13.1. The van der Waals surface area contributed by atoms with Crippen LogP contribution in [0.1, 0.15) is 12.5 Å². The summed E-state index contributed by atoms with van der Waals surface area (Å²) in [6.07, 6.45) is 1.51. The fraction of sp³-hybridized carbons (Fsp3) is 0.304. The molecule has 0 bridgehead atoms. The zero-order valence-electron chi connectivity index (χ0n) is 19.0. The van der Waals surface area contributed by atoms with E-state index < -0.39 is 12.7 Å². The Morgan fingerprint density at radius 2 is 1.85 bits per heavy atom. The first kappa shape index (κ1) is 25.3. The maximum Gasteiger partial charge on any atom is 0.229 e. The second-order valence-electron chi connectivity index (χ2n) is 8.52. The Hall–Kier alpha value is -2.31. The van der Waals surface area contributed by atoms with E-state index in [4.69, 9.17) is 23.2 Å². The summed E-state index contributed by atoms with van der Waals surface area (Å²) >= 11 is 12.1. The first-order chi connectivity index (χ1) is 15.5. The molecule has 1 unspecified atom stereocenters. The molecule has 10 heteroatoms. The van der Waals surface area contributed by atoms with Gasteiger partial charge in [-0.3, -0.25) is 0 Å². The van der Waals surface area contributed by atoms with Crippen molar-refractivity contribution >= 4 is 64.5 Å². The average Bonchev–Trinajstić information content (AvgIpc) is 2.76. The van der Waals surface area contributed by atoms with Crippen molar-refractivity contribution in [3.8, 4) is 0 Å². The number of rotatable bonds is 9. The second-order valence-corrected chi connectivity index (χ2v) is 12.4. The summed E-state index contributed by atoms with van der Waals surface area (Å²) < 4.78 is 12.7. The van der Waals surface area contributed by atoms with Crippen LogP contribution >= 0.6 is 30.3 Å². The first-order valence-electron chi connectivity index (χ1n) is 10.3. The normalized spacial score (nSPS) is 13.3. The van der Waals surface area contributed by atoms with Gasteiger partial charge in [0.2, 0.25) is 5.95 Å². The third-order valence-electron chi connectivity index (χ3n) is 4.92. The Balaban J connectivity index is 1.79. The fourth-order valence-corrected chi connectivity index (χ4v) is 4.45. The van der Waals surface area contributed by atoms with Crippen molar-refractivity contribution in [1.29, 1.82) is 0 Å². The molecule has 0 fully saturated rings. The molecule has 33 heavy (non-hydrogen) atoms. The van der Waals surface area contributed by atoms with E-state index in [1.807, 2.05) is 49.4 Å². The molecule has 0 amide bonds. The Morgan fingerprint density at radius 3 is 2.52 bits per heavy atom. The number of aromatic nitrogens is 2. The van der Waals surface area contributed by atoms with E-state index in [1.54, 1.807) is 20.3 Å². The maximum absolute atomic E-state index is 12.7. The molecule has 1 atom stereocenters. The predicted octanol–water partition coefficient (Wildman–Crippen LogP) is 5.58. The van der Waals surface area contributed by atoms with Gasteiger partial charge >= 0.3 is 0 Å². The average molecular weight is 508 g/mol. The molecule has 1 aromatic heterocycles. The van der Waals surface area contributed by atoms with Crippen LogP contribution in [0.25, 0.3) is 0 Å². The van der Waals surface area contributed by atoms with Gasteiger partial charge in [-0.25, -0.2) is 4.98 Å². The van der Waals surface area contributed by atoms with Gasteiger partial charge in [-0.2, -0.15) is 4.98 Å². The van der Waals surface area contributed by atoms with Gasteiger partial charge in [-0.15, -0.1) is 11.6 Å². The van der Waals surface area contributed by atoms with Gasteiger partial charge in [0.1, 0.15) is 12.2 Å². The lowest BCUT2D eigenvalue weighted by molar-refractivity contribution is 0.0981. The van der Waals surface area contributed by atoms with Crippen LogP contribution in [0.15, 0.2) is 48.7 Å². The van der Waals surface area contributed by atoms with E-state index >= 15 is 0 Å². The minimum absolute atomic E-state index is 0.140. The number of alkyl halides is 1. The Morgan fingerprint density at radius 1 is 1.12 bits per heavy atom. The molecule has 0 saturated heterocycles. The summed E-state index contributed by atoms with van der Waals surface area (Å²) in [4.78, 5) is 8.79. The molecule has 2 aromatic carbocycles.